The molecule has 0 aromatic carbocycles. The summed E-state index contributed by atoms with van der Waals surface area (Å²) in [6, 6.07) is -0.200. The Bertz CT molecular complexity index is 562. The first-order chi connectivity index (χ1) is 14.1. The van der Waals surface area contributed by atoms with Crippen LogP contribution in [0.3, 0.4) is 0 Å². The van der Waals surface area contributed by atoms with Gasteiger partial charge in [0.25, 0.3) is 7.82 Å². The van der Waals surface area contributed by atoms with Crippen LogP contribution in [0.2, 0.25) is 0 Å². The van der Waals surface area contributed by atoms with Gasteiger partial charge in [0.05, 0.1) is 33.8 Å². The number of quaternary nitrogens is 1. The van der Waals surface area contributed by atoms with Gasteiger partial charge in [-0.25, -0.2) is 0 Å². The maximum absolute atomic E-state index is 12.5. The molecule has 0 saturated carbocycles. The van der Waals surface area contributed by atoms with Crippen LogP contribution in [0.25, 0.3) is 0 Å². The molecule has 1 saturated heterocycles. The van der Waals surface area contributed by atoms with Gasteiger partial charge in [0.15, 0.2) is 0 Å². The molecular weight excluding hydrogens is 403 g/mol. The number of hydrogen-bond acceptors (Lipinski definition) is 5. The average Bonchev–Trinajstić information content (AvgIpc) is 3.12. The fraction of sp³-hybridized carbons (Fsp3) is 0.864. The Morgan fingerprint density at radius 1 is 1.13 bits per heavy atom. The number of likely N-dealkylation sites (N-methyl/N-ethyl adjacent to an activating group) is 1. The Labute approximate surface area is 183 Å². The number of carbonyl (C=O) groups is 1. The number of phosphoric acid groups is 1. The molecule has 1 aliphatic rings. The smallest absolute Gasteiger partial charge is 0.268 e. The lowest BCUT2D eigenvalue weighted by atomic mass is 10.1. The van der Waals surface area contributed by atoms with Crippen LogP contribution in [0, 0.1) is 0 Å². The number of nitrogens with zero attached hydrogens (tertiary/aromatic N) is 2. The molecule has 1 aliphatic heterocycles. The fourth-order valence-electron chi connectivity index (χ4n) is 3.44. The number of carbonyl (C=O) groups excluding carboxylic acids is 1. The SMILES string of the molecule is CCCCCCCC/C=C\CC(=O)N1CCC[C@H]1COP(=O)([O-])OCC[N+](C)(C)C. The van der Waals surface area contributed by atoms with Crippen molar-refractivity contribution in [1.82, 2.24) is 4.90 Å². The van der Waals surface area contributed by atoms with Crippen molar-refractivity contribution in [3.05, 3.63) is 12.2 Å². The average molecular weight is 447 g/mol. The lowest BCUT2D eigenvalue weighted by molar-refractivity contribution is -0.870. The van der Waals surface area contributed by atoms with Crippen molar-refractivity contribution in [2.45, 2.75) is 77.2 Å². The third kappa shape index (κ3) is 12.9. The van der Waals surface area contributed by atoms with Crippen LogP contribution in [0.1, 0.15) is 71.1 Å². The number of unbranched alkanes of at least 4 members (excludes halogenated alkanes) is 6. The maximum atomic E-state index is 12.5. The van der Waals surface area contributed by atoms with E-state index in [-0.39, 0.29) is 25.2 Å². The van der Waals surface area contributed by atoms with Crippen LogP contribution in [-0.2, 0) is 18.4 Å². The van der Waals surface area contributed by atoms with E-state index in [1.54, 1.807) is 4.90 Å². The Morgan fingerprint density at radius 2 is 1.83 bits per heavy atom. The zero-order valence-electron chi connectivity index (χ0n) is 19.5. The van der Waals surface area contributed by atoms with Gasteiger partial charge in [-0.15, -0.1) is 0 Å². The highest BCUT2D eigenvalue weighted by Gasteiger charge is 2.29. The van der Waals surface area contributed by atoms with Crippen molar-refractivity contribution in [2.75, 3.05) is 47.4 Å². The van der Waals surface area contributed by atoms with Gasteiger partial charge < -0.3 is 23.3 Å². The van der Waals surface area contributed by atoms with Crippen molar-refractivity contribution >= 4 is 13.7 Å². The number of phosphoric ester groups is 1. The van der Waals surface area contributed by atoms with Gasteiger partial charge >= 0.3 is 0 Å². The van der Waals surface area contributed by atoms with Crippen LogP contribution < -0.4 is 4.89 Å². The van der Waals surface area contributed by atoms with E-state index < -0.39 is 7.82 Å². The molecular formula is C22H43N2O5P. The van der Waals surface area contributed by atoms with Crippen LogP contribution in [-0.4, -0.2) is 68.8 Å². The highest BCUT2D eigenvalue weighted by atomic mass is 31.2. The van der Waals surface area contributed by atoms with Gasteiger partial charge in [0.1, 0.15) is 13.2 Å². The van der Waals surface area contributed by atoms with E-state index in [1.807, 2.05) is 27.2 Å². The molecule has 0 aliphatic carbocycles. The molecule has 0 radical (unpaired) electrons. The molecule has 176 valence electrons. The summed E-state index contributed by atoms with van der Waals surface area (Å²) in [5.74, 6) is 0.0342. The molecule has 1 fully saturated rings. The van der Waals surface area contributed by atoms with Crippen LogP contribution >= 0.6 is 7.82 Å². The number of likely N-dealkylation sites (tertiary alicyclic amines) is 1. The number of amides is 1. The Hall–Kier alpha value is -0.720. The van der Waals surface area contributed by atoms with E-state index in [1.165, 1.54) is 38.5 Å². The molecule has 0 bridgehead atoms. The second-order valence-corrected chi connectivity index (χ2v) is 10.6. The zero-order chi connectivity index (χ0) is 22.5. The molecule has 2 atom stereocenters. The lowest BCUT2D eigenvalue weighted by Gasteiger charge is -2.30. The number of hydrogen-bond donors (Lipinski definition) is 0. The topological polar surface area (TPSA) is 78.9 Å². The monoisotopic (exact) mass is 446 g/mol. The standard InChI is InChI=1S/C22H43N2O5P/c1-5-6-7-8-9-10-11-12-13-16-22(25)23-17-14-15-21(23)20-29-30(26,27)28-19-18-24(2,3)4/h12-13,21H,5-11,14-20H2,1-4H3/b13-12-/t21-/m0/s1. The Balaban J connectivity index is 2.28. The molecule has 1 heterocycles. The van der Waals surface area contributed by atoms with Gasteiger partial charge in [0, 0.05) is 13.0 Å². The summed E-state index contributed by atoms with van der Waals surface area (Å²) in [7, 11) is 1.54. The van der Waals surface area contributed by atoms with Crippen LogP contribution in [0.15, 0.2) is 12.2 Å². The van der Waals surface area contributed by atoms with Crippen molar-refractivity contribution in [1.29, 1.82) is 0 Å². The summed E-state index contributed by atoms with van der Waals surface area (Å²) < 4.78 is 22.6. The normalized spacial score (nSPS) is 19.5. The minimum atomic E-state index is -4.34. The van der Waals surface area contributed by atoms with Crippen molar-refractivity contribution < 1.29 is 27.8 Å². The minimum Gasteiger partial charge on any atom is -0.756 e. The Morgan fingerprint density at radius 3 is 2.53 bits per heavy atom. The molecule has 0 spiro atoms. The maximum Gasteiger partial charge on any atom is 0.268 e. The van der Waals surface area contributed by atoms with Gasteiger partial charge in [-0.1, -0.05) is 51.2 Å². The van der Waals surface area contributed by atoms with Gasteiger partial charge in [0.2, 0.25) is 5.91 Å². The molecule has 0 aromatic rings. The Kier molecular flexibility index (Phi) is 13.1. The summed E-state index contributed by atoms with van der Waals surface area (Å²) in [4.78, 5) is 26.2. The van der Waals surface area contributed by atoms with E-state index >= 15 is 0 Å². The van der Waals surface area contributed by atoms with E-state index in [0.29, 0.717) is 24.0 Å². The van der Waals surface area contributed by atoms with Crippen molar-refractivity contribution in [3.8, 4) is 0 Å². The van der Waals surface area contributed by atoms with Crippen LogP contribution in [0.4, 0.5) is 0 Å². The van der Waals surface area contributed by atoms with Crippen molar-refractivity contribution in [2.24, 2.45) is 0 Å². The van der Waals surface area contributed by atoms with E-state index in [2.05, 4.69) is 13.0 Å². The first kappa shape index (κ1) is 27.3. The van der Waals surface area contributed by atoms with E-state index in [0.717, 1.165) is 19.3 Å². The zero-order valence-corrected chi connectivity index (χ0v) is 20.4. The highest BCUT2D eigenvalue weighted by Crippen LogP contribution is 2.39. The predicted octanol–water partition coefficient (Wildman–Crippen LogP) is 3.88. The second kappa shape index (κ2) is 14.4. The van der Waals surface area contributed by atoms with Crippen molar-refractivity contribution in [3.63, 3.8) is 0 Å². The lowest BCUT2D eigenvalue weighted by Crippen LogP contribution is -2.39. The summed E-state index contributed by atoms with van der Waals surface area (Å²) in [5.41, 5.74) is 0. The molecule has 1 rings (SSSR count). The summed E-state index contributed by atoms with van der Waals surface area (Å²) in [5, 5.41) is 0. The molecule has 1 unspecified atom stereocenters. The molecule has 1 amide bonds. The first-order valence-electron chi connectivity index (χ1n) is 11.5. The summed E-state index contributed by atoms with van der Waals surface area (Å²) >= 11 is 0. The minimum absolute atomic E-state index is 0.0294. The third-order valence-corrected chi connectivity index (χ3v) is 6.28. The van der Waals surface area contributed by atoms with Gasteiger partial charge in [-0.2, -0.15) is 0 Å². The second-order valence-electron chi connectivity index (χ2n) is 9.21. The van der Waals surface area contributed by atoms with Crippen LogP contribution in [0.5, 0.6) is 0 Å². The molecule has 30 heavy (non-hydrogen) atoms. The predicted molar refractivity (Wildman–Crippen MR) is 119 cm³/mol. The summed E-state index contributed by atoms with van der Waals surface area (Å²) in [6.07, 6.45) is 14.6. The highest BCUT2D eigenvalue weighted by molar-refractivity contribution is 7.45. The molecule has 8 heteroatoms. The third-order valence-electron chi connectivity index (χ3n) is 5.32. The summed E-state index contributed by atoms with van der Waals surface area (Å²) in [6.45, 7) is 3.50. The first-order valence-corrected chi connectivity index (χ1v) is 13.0. The fourth-order valence-corrected chi connectivity index (χ4v) is 4.17. The van der Waals surface area contributed by atoms with E-state index in [4.69, 9.17) is 9.05 Å². The van der Waals surface area contributed by atoms with Gasteiger partial charge in [-0.3, -0.25) is 9.36 Å². The number of allylic oxidation sites excluding steroid dienone is 1. The molecule has 0 N–H and O–H groups in total. The van der Waals surface area contributed by atoms with E-state index in [9.17, 15) is 14.3 Å². The van der Waals surface area contributed by atoms with Gasteiger partial charge in [-0.05, 0) is 25.7 Å². The quantitative estimate of drug-likeness (QED) is 0.156. The largest absolute Gasteiger partial charge is 0.756 e. The number of rotatable bonds is 16. The molecule has 7 nitrogen and oxygen atoms in total. The molecule has 0 aromatic heterocycles.